The summed E-state index contributed by atoms with van der Waals surface area (Å²) in [7, 11) is 1.67. The lowest BCUT2D eigenvalue weighted by Crippen LogP contribution is -2.17. The SMILES string of the molecule is CCCCCn1c(=O)[nH]c2ncc(Cl)c(-c3ccc(COC)cc3)c21. The number of benzene rings is 1. The van der Waals surface area contributed by atoms with Gasteiger partial charge in [-0.05, 0) is 17.5 Å². The van der Waals surface area contributed by atoms with Crippen LogP contribution in [0, 0.1) is 0 Å². The van der Waals surface area contributed by atoms with Crippen LogP contribution in [0.2, 0.25) is 5.02 Å². The van der Waals surface area contributed by atoms with E-state index in [0.717, 1.165) is 41.5 Å². The number of halogens is 1. The molecule has 0 aliphatic carbocycles. The van der Waals surface area contributed by atoms with Gasteiger partial charge in [0.2, 0.25) is 0 Å². The summed E-state index contributed by atoms with van der Waals surface area (Å²) in [6.45, 7) is 3.36. The molecule has 3 rings (SSSR count). The topological polar surface area (TPSA) is 59.9 Å². The number of ether oxygens (including phenoxy) is 1. The number of fused-ring (bicyclic) bond motifs is 1. The standard InChI is InChI=1S/C19H22ClN3O2/c1-3-4-5-10-23-17-16(14-8-6-13(7-9-14)12-25-2)15(20)11-21-18(17)22-19(23)24/h6-9,11H,3-5,10,12H2,1-2H3,(H,21,22,24). The quantitative estimate of drug-likeness (QED) is 0.637. The van der Waals surface area contributed by atoms with Gasteiger partial charge in [0, 0.05) is 25.4 Å². The number of aryl methyl sites for hydroxylation is 1. The van der Waals surface area contributed by atoms with Crippen LogP contribution < -0.4 is 5.69 Å². The molecule has 6 heteroatoms. The molecule has 0 aliphatic heterocycles. The van der Waals surface area contributed by atoms with Gasteiger partial charge in [-0.25, -0.2) is 9.78 Å². The zero-order valence-electron chi connectivity index (χ0n) is 14.5. The van der Waals surface area contributed by atoms with Gasteiger partial charge in [0.15, 0.2) is 5.65 Å². The number of H-pyrrole nitrogens is 1. The van der Waals surface area contributed by atoms with E-state index in [-0.39, 0.29) is 5.69 Å². The molecule has 2 aromatic heterocycles. The van der Waals surface area contributed by atoms with E-state index >= 15 is 0 Å². The largest absolute Gasteiger partial charge is 0.380 e. The molecule has 0 fully saturated rings. The van der Waals surface area contributed by atoms with Crippen molar-refractivity contribution >= 4 is 22.8 Å². The monoisotopic (exact) mass is 359 g/mol. The number of nitrogens with one attached hydrogen (secondary N) is 1. The average Bonchev–Trinajstić information content (AvgIpc) is 2.92. The first-order valence-electron chi connectivity index (χ1n) is 8.51. The number of hydrogen-bond donors (Lipinski definition) is 1. The van der Waals surface area contributed by atoms with Crippen molar-refractivity contribution in [3.63, 3.8) is 0 Å². The molecule has 1 N–H and O–H groups in total. The highest BCUT2D eigenvalue weighted by Crippen LogP contribution is 2.33. The normalized spacial score (nSPS) is 11.3. The molecule has 0 amide bonds. The maximum Gasteiger partial charge on any atom is 0.327 e. The zero-order valence-corrected chi connectivity index (χ0v) is 15.3. The second-order valence-electron chi connectivity index (χ2n) is 6.10. The van der Waals surface area contributed by atoms with E-state index in [1.165, 1.54) is 0 Å². The van der Waals surface area contributed by atoms with Crippen molar-refractivity contribution in [3.05, 3.63) is 51.5 Å². The smallest absolute Gasteiger partial charge is 0.327 e. The Kier molecular flexibility index (Phi) is 5.56. The van der Waals surface area contributed by atoms with Gasteiger partial charge in [-0.3, -0.25) is 9.55 Å². The number of rotatable bonds is 7. The number of nitrogens with zero attached hydrogens (tertiary/aromatic N) is 2. The van der Waals surface area contributed by atoms with Crippen LogP contribution in [-0.4, -0.2) is 21.6 Å². The van der Waals surface area contributed by atoms with E-state index in [2.05, 4.69) is 16.9 Å². The van der Waals surface area contributed by atoms with E-state index in [0.29, 0.717) is 23.8 Å². The van der Waals surface area contributed by atoms with Crippen molar-refractivity contribution in [3.8, 4) is 11.1 Å². The molecule has 0 spiro atoms. The number of pyridine rings is 1. The number of hydrogen-bond acceptors (Lipinski definition) is 3. The lowest BCUT2D eigenvalue weighted by Gasteiger charge is -2.10. The van der Waals surface area contributed by atoms with Crippen molar-refractivity contribution < 1.29 is 4.74 Å². The first-order chi connectivity index (χ1) is 12.2. The number of imidazole rings is 1. The third-order valence-electron chi connectivity index (χ3n) is 4.29. The van der Waals surface area contributed by atoms with Crippen LogP contribution in [0.4, 0.5) is 0 Å². The zero-order chi connectivity index (χ0) is 17.8. The van der Waals surface area contributed by atoms with Gasteiger partial charge in [-0.2, -0.15) is 0 Å². The summed E-state index contributed by atoms with van der Waals surface area (Å²) in [6, 6.07) is 8.02. The van der Waals surface area contributed by atoms with Gasteiger partial charge in [-0.15, -0.1) is 0 Å². The fraction of sp³-hybridized carbons (Fsp3) is 0.368. The minimum atomic E-state index is -0.141. The lowest BCUT2D eigenvalue weighted by molar-refractivity contribution is 0.185. The number of unbranched alkanes of at least 4 members (excludes halogenated alkanes) is 2. The summed E-state index contributed by atoms with van der Waals surface area (Å²) < 4.78 is 6.91. The maximum absolute atomic E-state index is 12.4. The molecule has 0 aliphatic rings. The van der Waals surface area contributed by atoms with E-state index in [4.69, 9.17) is 16.3 Å². The van der Waals surface area contributed by atoms with Gasteiger partial charge in [0.25, 0.3) is 0 Å². The highest BCUT2D eigenvalue weighted by Gasteiger charge is 2.16. The summed E-state index contributed by atoms with van der Waals surface area (Å²) in [5.74, 6) is 0. The summed E-state index contributed by atoms with van der Waals surface area (Å²) in [5, 5.41) is 0.537. The van der Waals surface area contributed by atoms with Crippen molar-refractivity contribution in [2.75, 3.05) is 7.11 Å². The van der Waals surface area contributed by atoms with Crippen molar-refractivity contribution in [1.29, 1.82) is 0 Å². The second-order valence-corrected chi connectivity index (χ2v) is 6.50. The van der Waals surface area contributed by atoms with Crippen LogP contribution in [0.5, 0.6) is 0 Å². The van der Waals surface area contributed by atoms with Crippen LogP contribution in [0.15, 0.2) is 35.3 Å². The lowest BCUT2D eigenvalue weighted by atomic mass is 10.0. The van der Waals surface area contributed by atoms with Crippen LogP contribution in [0.3, 0.4) is 0 Å². The molecule has 25 heavy (non-hydrogen) atoms. The first kappa shape index (κ1) is 17.7. The molecule has 0 unspecified atom stereocenters. The maximum atomic E-state index is 12.4. The van der Waals surface area contributed by atoms with Crippen molar-refractivity contribution in [1.82, 2.24) is 14.5 Å². The minimum absolute atomic E-state index is 0.141. The van der Waals surface area contributed by atoms with E-state index in [1.54, 1.807) is 17.9 Å². The van der Waals surface area contributed by atoms with Crippen LogP contribution in [-0.2, 0) is 17.9 Å². The van der Waals surface area contributed by atoms with Gasteiger partial charge in [0.1, 0.15) is 0 Å². The fourth-order valence-electron chi connectivity index (χ4n) is 3.05. The summed E-state index contributed by atoms with van der Waals surface area (Å²) >= 11 is 6.46. The predicted molar refractivity (Wildman–Crippen MR) is 101 cm³/mol. The van der Waals surface area contributed by atoms with E-state index in [1.807, 2.05) is 24.3 Å². The number of methoxy groups -OCH3 is 1. The molecule has 0 atom stereocenters. The molecule has 3 aromatic rings. The van der Waals surface area contributed by atoms with Crippen molar-refractivity contribution in [2.45, 2.75) is 39.3 Å². The Bertz CT molecular complexity index is 913. The molecular weight excluding hydrogens is 338 g/mol. The van der Waals surface area contributed by atoms with E-state index < -0.39 is 0 Å². The Balaban J connectivity index is 2.12. The summed E-state index contributed by atoms with van der Waals surface area (Å²) in [4.78, 5) is 19.5. The highest BCUT2D eigenvalue weighted by atomic mass is 35.5. The minimum Gasteiger partial charge on any atom is -0.380 e. The molecule has 1 aromatic carbocycles. The second kappa shape index (κ2) is 7.85. The molecule has 0 radical (unpaired) electrons. The third-order valence-corrected chi connectivity index (χ3v) is 4.57. The third kappa shape index (κ3) is 3.62. The predicted octanol–water partition coefficient (Wildman–Crippen LogP) is 4.38. The first-order valence-corrected chi connectivity index (χ1v) is 8.88. The molecule has 0 saturated heterocycles. The average molecular weight is 360 g/mol. The Morgan fingerprint density at radius 3 is 2.68 bits per heavy atom. The van der Waals surface area contributed by atoms with Gasteiger partial charge in [0.05, 0.1) is 17.1 Å². The van der Waals surface area contributed by atoms with Gasteiger partial charge < -0.3 is 4.74 Å². The van der Waals surface area contributed by atoms with Gasteiger partial charge in [-0.1, -0.05) is 55.6 Å². The van der Waals surface area contributed by atoms with Gasteiger partial charge >= 0.3 is 5.69 Å². The molecule has 2 heterocycles. The molecule has 5 nitrogen and oxygen atoms in total. The van der Waals surface area contributed by atoms with Crippen LogP contribution >= 0.6 is 11.6 Å². The Hall–Kier alpha value is -2.11. The summed E-state index contributed by atoms with van der Waals surface area (Å²) in [5.41, 5.74) is 4.08. The Labute approximate surface area is 151 Å². The molecule has 132 valence electrons. The highest BCUT2D eigenvalue weighted by molar-refractivity contribution is 6.34. The number of aromatic nitrogens is 3. The Morgan fingerprint density at radius 2 is 2.00 bits per heavy atom. The van der Waals surface area contributed by atoms with E-state index in [9.17, 15) is 4.79 Å². The molecular formula is C19H22ClN3O2. The summed E-state index contributed by atoms with van der Waals surface area (Å²) in [6.07, 6.45) is 4.72. The molecule has 0 saturated carbocycles. The fourth-order valence-corrected chi connectivity index (χ4v) is 3.29. The van der Waals surface area contributed by atoms with Crippen LogP contribution in [0.25, 0.3) is 22.3 Å². The van der Waals surface area contributed by atoms with Crippen molar-refractivity contribution in [2.24, 2.45) is 0 Å². The number of aromatic amines is 1. The van der Waals surface area contributed by atoms with Crippen LogP contribution in [0.1, 0.15) is 31.7 Å². The Morgan fingerprint density at radius 1 is 1.24 bits per heavy atom. The molecule has 0 bridgehead atoms.